The normalized spacial score (nSPS) is 50.8. The van der Waals surface area contributed by atoms with Crippen molar-refractivity contribution in [3.8, 4) is 0 Å². The van der Waals surface area contributed by atoms with Gasteiger partial charge in [-0.3, -0.25) is 4.79 Å². The molecule has 0 aromatic heterocycles. The lowest BCUT2D eigenvalue weighted by molar-refractivity contribution is -0.224. The summed E-state index contributed by atoms with van der Waals surface area (Å²) in [6.45, 7) is 12.7. The first kappa shape index (κ1) is 22.3. The molecule has 30 heavy (non-hydrogen) atoms. The van der Waals surface area contributed by atoms with Crippen molar-refractivity contribution in [1.82, 2.24) is 0 Å². The Morgan fingerprint density at radius 3 is 2.80 bits per heavy atom. The Kier molecular flexibility index (Phi) is 5.84. The Labute approximate surface area is 180 Å². The fourth-order valence-electron chi connectivity index (χ4n) is 6.67. The molecule has 4 fully saturated rings. The Balaban J connectivity index is 1.77. The lowest BCUT2D eigenvalue weighted by Crippen LogP contribution is -2.63. The molecule has 0 amide bonds. The van der Waals surface area contributed by atoms with Crippen LogP contribution in [0.25, 0.3) is 0 Å². The van der Waals surface area contributed by atoms with Gasteiger partial charge in [-0.05, 0) is 63.4 Å². The average Bonchev–Trinajstić information content (AvgIpc) is 3.07. The van der Waals surface area contributed by atoms with Crippen molar-refractivity contribution >= 4 is 5.97 Å². The summed E-state index contributed by atoms with van der Waals surface area (Å²) >= 11 is 0. The van der Waals surface area contributed by atoms with Crippen LogP contribution in [-0.4, -0.2) is 58.4 Å². The van der Waals surface area contributed by atoms with Gasteiger partial charge in [0.2, 0.25) is 0 Å². The molecule has 6 nitrogen and oxygen atoms in total. The fourth-order valence-corrected chi connectivity index (χ4v) is 6.67. The van der Waals surface area contributed by atoms with E-state index in [1.165, 1.54) is 0 Å². The van der Waals surface area contributed by atoms with E-state index in [0.29, 0.717) is 44.1 Å². The van der Waals surface area contributed by atoms with E-state index in [1.54, 1.807) is 0 Å². The topological polar surface area (TPSA) is 85.2 Å². The maximum atomic E-state index is 12.6. The molecule has 1 aliphatic carbocycles. The maximum absolute atomic E-state index is 12.6. The standard InChI is InChI=1S/C24H38O6/c1-6-7-19(26)30-23(4)9-8-16(25)13(2)10-17-21-20(22(23)29-17)15-11-18(24(21,5)27)28-12-14(15)3/h14-18,20-22,25,27H,2,6-12H2,1,3-5H3. The smallest absolute Gasteiger partial charge is 0.306 e. The highest BCUT2D eigenvalue weighted by Gasteiger charge is 2.66. The SMILES string of the molecule is C=C1CC2OC(C3C4CC(OCC4C)C(C)(O)C23)C(C)(OC(=O)CCC)CCC1O. The number of aliphatic hydroxyl groups is 2. The van der Waals surface area contributed by atoms with Crippen LogP contribution >= 0.6 is 0 Å². The lowest BCUT2D eigenvalue weighted by Gasteiger charge is -2.55. The number of ether oxygens (including phenoxy) is 3. The van der Waals surface area contributed by atoms with Crippen LogP contribution < -0.4 is 0 Å². The number of carbonyl (C=O) groups excluding carboxylic acids is 1. The van der Waals surface area contributed by atoms with Gasteiger partial charge < -0.3 is 24.4 Å². The molecule has 2 N–H and O–H groups in total. The first-order valence-electron chi connectivity index (χ1n) is 11.7. The van der Waals surface area contributed by atoms with Crippen LogP contribution in [0, 0.1) is 23.7 Å². The molecule has 10 unspecified atom stereocenters. The molecule has 170 valence electrons. The molecule has 0 spiro atoms. The molecule has 0 aromatic rings. The Morgan fingerprint density at radius 2 is 2.10 bits per heavy atom. The summed E-state index contributed by atoms with van der Waals surface area (Å²) in [5, 5.41) is 22.3. The number of aliphatic hydroxyl groups excluding tert-OH is 1. The second-order valence-electron chi connectivity index (χ2n) is 10.6. The minimum Gasteiger partial charge on any atom is -0.457 e. The first-order valence-corrected chi connectivity index (χ1v) is 11.7. The van der Waals surface area contributed by atoms with Gasteiger partial charge >= 0.3 is 5.97 Å². The highest BCUT2D eigenvalue weighted by Crippen LogP contribution is 2.59. The fraction of sp³-hybridized carbons (Fsp3) is 0.875. The summed E-state index contributed by atoms with van der Waals surface area (Å²) < 4.78 is 18.8. The van der Waals surface area contributed by atoms with Crippen molar-refractivity contribution in [3.05, 3.63) is 12.2 Å². The average molecular weight is 423 g/mol. The quantitative estimate of drug-likeness (QED) is 0.537. The van der Waals surface area contributed by atoms with Crippen LogP contribution in [-0.2, 0) is 19.0 Å². The lowest BCUT2D eigenvalue weighted by atomic mass is 9.55. The molecule has 3 saturated heterocycles. The van der Waals surface area contributed by atoms with E-state index in [0.717, 1.165) is 18.4 Å². The van der Waals surface area contributed by atoms with Crippen molar-refractivity contribution in [2.75, 3.05) is 6.61 Å². The third kappa shape index (κ3) is 3.54. The summed E-state index contributed by atoms with van der Waals surface area (Å²) in [7, 11) is 0. The van der Waals surface area contributed by atoms with Crippen LogP contribution in [0.15, 0.2) is 12.2 Å². The summed E-state index contributed by atoms with van der Waals surface area (Å²) in [4.78, 5) is 12.6. The molecule has 3 heterocycles. The second kappa shape index (κ2) is 7.88. The van der Waals surface area contributed by atoms with Gasteiger partial charge in [0.25, 0.3) is 0 Å². The predicted octanol–water partition coefficient (Wildman–Crippen LogP) is 3.00. The Bertz CT molecular complexity index is 689. The molecule has 4 aliphatic rings. The monoisotopic (exact) mass is 422 g/mol. The molecule has 0 aromatic carbocycles. The van der Waals surface area contributed by atoms with Crippen LogP contribution in [0.3, 0.4) is 0 Å². The highest BCUT2D eigenvalue weighted by atomic mass is 16.6. The molecule has 6 heteroatoms. The van der Waals surface area contributed by atoms with Gasteiger partial charge in [0.1, 0.15) is 11.7 Å². The minimum atomic E-state index is -1.04. The van der Waals surface area contributed by atoms with Gasteiger partial charge in [-0.2, -0.15) is 0 Å². The number of esters is 1. The first-order chi connectivity index (χ1) is 14.1. The molecule has 0 radical (unpaired) electrons. The number of fused-ring (bicyclic) bond motifs is 8. The highest BCUT2D eigenvalue weighted by molar-refractivity contribution is 5.69. The van der Waals surface area contributed by atoms with Crippen LogP contribution in [0.4, 0.5) is 0 Å². The molecule has 10 atom stereocenters. The molecule has 1 saturated carbocycles. The molecule has 4 rings (SSSR count). The minimum absolute atomic E-state index is 0.0719. The summed E-state index contributed by atoms with van der Waals surface area (Å²) in [6.07, 6.45) is 1.89. The summed E-state index contributed by atoms with van der Waals surface area (Å²) in [5.41, 5.74) is -1.17. The summed E-state index contributed by atoms with van der Waals surface area (Å²) in [5.74, 6) is 0.382. The zero-order chi connectivity index (χ0) is 21.8. The Hall–Kier alpha value is -0.950. The van der Waals surface area contributed by atoms with Gasteiger partial charge in [-0.15, -0.1) is 0 Å². The number of hydrogen-bond acceptors (Lipinski definition) is 6. The van der Waals surface area contributed by atoms with Gasteiger partial charge in [-0.1, -0.05) is 20.4 Å². The zero-order valence-electron chi connectivity index (χ0n) is 18.8. The maximum Gasteiger partial charge on any atom is 0.306 e. The van der Waals surface area contributed by atoms with Gasteiger partial charge in [0, 0.05) is 24.9 Å². The predicted molar refractivity (Wildman–Crippen MR) is 112 cm³/mol. The molecular formula is C24H38O6. The van der Waals surface area contributed by atoms with E-state index in [-0.39, 0.29) is 36.1 Å². The van der Waals surface area contributed by atoms with Gasteiger partial charge in [0.05, 0.1) is 23.9 Å². The van der Waals surface area contributed by atoms with E-state index in [4.69, 9.17) is 14.2 Å². The van der Waals surface area contributed by atoms with Crippen molar-refractivity contribution in [1.29, 1.82) is 0 Å². The third-order valence-electron chi connectivity index (χ3n) is 8.34. The van der Waals surface area contributed by atoms with Crippen molar-refractivity contribution in [3.63, 3.8) is 0 Å². The van der Waals surface area contributed by atoms with E-state index < -0.39 is 17.3 Å². The van der Waals surface area contributed by atoms with Crippen LogP contribution in [0.1, 0.15) is 66.2 Å². The Morgan fingerprint density at radius 1 is 1.37 bits per heavy atom. The van der Waals surface area contributed by atoms with E-state index in [1.807, 2.05) is 20.8 Å². The summed E-state index contributed by atoms with van der Waals surface area (Å²) in [6, 6.07) is 0. The molecular weight excluding hydrogens is 384 g/mol. The van der Waals surface area contributed by atoms with E-state index in [9.17, 15) is 15.0 Å². The second-order valence-corrected chi connectivity index (χ2v) is 10.6. The van der Waals surface area contributed by atoms with Crippen molar-refractivity contribution < 1.29 is 29.2 Å². The van der Waals surface area contributed by atoms with Crippen molar-refractivity contribution in [2.24, 2.45) is 23.7 Å². The number of carbonyl (C=O) groups is 1. The van der Waals surface area contributed by atoms with Gasteiger partial charge in [0.15, 0.2) is 0 Å². The number of rotatable bonds is 3. The largest absolute Gasteiger partial charge is 0.457 e. The van der Waals surface area contributed by atoms with Crippen LogP contribution in [0.5, 0.6) is 0 Å². The van der Waals surface area contributed by atoms with E-state index in [2.05, 4.69) is 13.5 Å². The molecule has 3 aliphatic heterocycles. The molecule has 4 bridgehead atoms. The van der Waals surface area contributed by atoms with Crippen LogP contribution in [0.2, 0.25) is 0 Å². The number of hydrogen-bond donors (Lipinski definition) is 2. The van der Waals surface area contributed by atoms with Crippen molar-refractivity contribution in [2.45, 2.75) is 102 Å². The third-order valence-corrected chi connectivity index (χ3v) is 8.34. The zero-order valence-corrected chi connectivity index (χ0v) is 18.8. The van der Waals surface area contributed by atoms with Gasteiger partial charge in [-0.25, -0.2) is 0 Å². The van der Waals surface area contributed by atoms with E-state index >= 15 is 0 Å².